The van der Waals surface area contributed by atoms with Crippen molar-refractivity contribution in [3.63, 3.8) is 0 Å². The van der Waals surface area contributed by atoms with E-state index in [1.54, 1.807) is 57.2 Å². The molecule has 39 heavy (non-hydrogen) atoms. The molecule has 0 bridgehead atoms. The molecule has 0 heterocycles. The Morgan fingerprint density at radius 3 is 2.26 bits per heavy atom. The number of carbonyl (C=O) groups excluding carboxylic acids is 5. The highest BCUT2D eigenvalue weighted by Crippen LogP contribution is 2.11. The number of aryl methyl sites for hydroxylation is 1. The lowest BCUT2D eigenvalue weighted by Crippen LogP contribution is -2.51. The Bertz CT molecular complexity index is 1240. The van der Waals surface area contributed by atoms with Gasteiger partial charge in [-0.15, -0.1) is 0 Å². The first-order chi connectivity index (χ1) is 18.5. The molecule has 0 radical (unpaired) electrons. The molecule has 206 valence electrons. The zero-order valence-electron chi connectivity index (χ0n) is 22.2. The summed E-state index contributed by atoms with van der Waals surface area (Å²) in [6, 6.07) is 13.9. The second-order valence-corrected chi connectivity index (χ2v) is 9.37. The van der Waals surface area contributed by atoms with E-state index in [9.17, 15) is 29.2 Å². The van der Waals surface area contributed by atoms with Gasteiger partial charge in [-0.2, -0.15) is 5.26 Å². The number of rotatable bonds is 13. The lowest BCUT2D eigenvalue weighted by molar-refractivity contribution is -0.130. The van der Waals surface area contributed by atoms with E-state index in [1.165, 1.54) is 6.07 Å². The molecule has 0 unspecified atom stereocenters. The first kappa shape index (κ1) is 30.5. The first-order valence-electron chi connectivity index (χ1n) is 12.5. The van der Waals surface area contributed by atoms with E-state index in [-0.39, 0.29) is 37.4 Å². The van der Waals surface area contributed by atoms with Crippen LogP contribution in [-0.4, -0.2) is 54.7 Å². The minimum atomic E-state index is -0.953. The smallest absolute Gasteiger partial charge is 0.251 e. The van der Waals surface area contributed by atoms with Crippen molar-refractivity contribution >= 4 is 29.5 Å². The molecule has 5 amide bonds. The normalized spacial score (nSPS) is 12.0. The van der Waals surface area contributed by atoms with E-state index >= 15 is 0 Å². The zero-order valence-corrected chi connectivity index (χ0v) is 22.2. The molecular weight excluding hydrogens is 500 g/mol. The predicted octanol–water partition coefficient (Wildman–Crippen LogP) is 0.456. The number of carbonyl (C=O) groups is 5. The fraction of sp³-hybridized carbons (Fsp3) is 0.357. The molecular formula is C28H34N6O5. The largest absolute Gasteiger partial charge is 0.368 e. The minimum absolute atomic E-state index is 0.0339. The van der Waals surface area contributed by atoms with E-state index in [4.69, 9.17) is 5.73 Å². The summed E-state index contributed by atoms with van der Waals surface area (Å²) in [7, 11) is 0. The molecule has 0 saturated carbocycles. The van der Waals surface area contributed by atoms with Gasteiger partial charge in [0, 0.05) is 24.9 Å². The van der Waals surface area contributed by atoms with Crippen LogP contribution in [0.5, 0.6) is 0 Å². The average molecular weight is 535 g/mol. The number of hydrogen-bond donors (Lipinski definition) is 5. The molecule has 2 rings (SSSR count). The Morgan fingerprint density at radius 1 is 0.949 bits per heavy atom. The Kier molecular flexibility index (Phi) is 11.6. The summed E-state index contributed by atoms with van der Waals surface area (Å²) in [4.78, 5) is 61.7. The van der Waals surface area contributed by atoms with Crippen LogP contribution >= 0.6 is 0 Å². The maximum atomic E-state index is 12.8. The van der Waals surface area contributed by atoms with Crippen molar-refractivity contribution in [3.05, 3.63) is 70.8 Å². The number of primary amides is 1. The summed E-state index contributed by atoms with van der Waals surface area (Å²) in [6.45, 7) is 4.91. The molecule has 2 aromatic rings. The molecule has 11 heteroatoms. The number of amides is 5. The maximum absolute atomic E-state index is 12.8. The number of benzene rings is 2. The van der Waals surface area contributed by atoms with E-state index in [1.807, 2.05) is 12.1 Å². The van der Waals surface area contributed by atoms with Crippen LogP contribution in [0, 0.1) is 24.2 Å². The average Bonchev–Trinajstić information content (AvgIpc) is 2.90. The molecule has 6 N–H and O–H groups in total. The van der Waals surface area contributed by atoms with Gasteiger partial charge >= 0.3 is 0 Å². The third-order valence-electron chi connectivity index (χ3n) is 5.88. The Labute approximate surface area is 227 Å². The van der Waals surface area contributed by atoms with Crippen LogP contribution < -0.4 is 27.0 Å². The van der Waals surface area contributed by atoms with Crippen LogP contribution in [0.15, 0.2) is 48.5 Å². The number of nitrogens with zero attached hydrogens (tertiary/aromatic N) is 1. The summed E-state index contributed by atoms with van der Waals surface area (Å²) >= 11 is 0. The molecule has 2 aromatic carbocycles. The van der Waals surface area contributed by atoms with Gasteiger partial charge in [0.15, 0.2) is 0 Å². The monoisotopic (exact) mass is 534 g/mol. The first-order valence-corrected chi connectivity index (χ1v) is 12.5. The SMILES string of the molecule is Cc1ccc(C(=O)N[C@H](C(=O)NCCC(=O)N[C@@H](Cc2ccccc2)C(=O)NCC(N)=O)C(C)C)cc1C#N. The second-order valence-electron chi connectivity index (χ2n) is 9.37. The van der Waals surface area contributed by atoms with Crippen molar-refractivity contribution in [3.8, 4) is 6.07 Å². The maximum Gasteiger partial charge on any atom is 0.251 e. The molecule has 0 aliphatic rings. The Balaban J connectivity index is 1.95. The van der Waals surface area contributed by atoms with Crippen molar-refractivity contribution in [1.29, 1.82) is 5.26 Å². The van der Waals surface area contributed by atoms with Gasteiger partial charge in [0.1, 0.15) is 12.1 Å². The molecule has 0 spiro atoms. The van der Waals surface area contributed by atoms with E-state index in [0.717, 1.165) is 11.1 Å². The molecule has 2 atom stereocenters. The van der Waals surface area contributed by atoms with Gasteiger partial charge < -0.3 is 27.0 Å². The molecule has 11 nitrogen and oxygen atoms in total. The molecule has 0 aliphatic carbocycles. The van der Waals surface area contributed by atoms with Crippen LogP contribution in [0.1, 0.15) is 47.3 Å². The van der Waals surface area contributed by atoms with E-state index in [2.05, 4.69) is 21.3 Å². The lowest BCUT2D eigenvalue weighted by Gasteiger charge is -2.22. The van der Waals surface area contributed by atoms with Crippen molar-refractivity contribution in [2.75, 3.05) is 13.1 Å². The molecule has 0 fully saturated rings. The fourth-order valence-electron chi connectivity index (χ4n) is 3.68. The highest BCUT2D eigenvalue weighted by atomic mass is 16.2. The van der Waals surface area contributed by atoms with Crippen molar-refractivity contribution in [1.82, 2.24) is 21.3 Å². The second kappa shape index (κ2) is 14.9. The van der Waals surface area contributed by atoms with Gasteiger partial charge in [0.25, 0.3) is 5.91 Å². The molecule has 0 saturated heterocycles. The Hall–Kier alpha value is -4.72. The number of hydrogen-bond acceptors (Lipinski definition) is 6. The van der Waals surface area contributed by atoms with Crippen molar-refractivity contribution < 1.29 is 24.0 Å². The quantitative estimate of drug-likeness (QED) is 0.249. The third kappa shape index (κ3) is 9.92. The van der Waals surface area contributed by atoms with Gasteiger partial charge in [-0.3, -0.25) is 24.0 Å². The third-order valence-corrected chi connectivity index (χ3v) is 5.88. The number of nitrogens with one attached hydrogen (secondary N) is 4. The van der Waals surface area contributed by atoms with Gasteiger partial charge in [-0.05, 0) is 36.1 Å². The van der Waals surface area contributed by atoms with Gasteiger partial charge in [-0.1, -0.05) is 50.2 Å². The van der Waals surface area contributed by atoms with E-state index in [0.29, 0.717) is 5.56 Å². The highest BCUT2D eigenvalue weighted by Gasteiger charge is 2.26. The molecule has 0 aliphatic heterocycles. The summed E-state index contributed by atoms with van der Waals surface area (Å²) in [6.07, 6.45) is 0.0693. The van der Waals surface area contributed by atoms with Crippen molar-refractivity contribution in [2.45, 2.75) is 45.7 Å². The van der Waals surface area contributed by atoms with Crippen molar-refractivity contribution in [2.24, 2.45) is 11.7 Å². The van der Waals surface area contributed by atoms with E-state index < -0.39 is 41.6 Å². The summed E-state index contributed by atoms with van der Waals surface area (Å²) < 4.78 is 0. The summed E-state index contributed by atoms with van der Waals surface area (Å²) in [5.74, 6) is -2.99. The predicted molar refractivity (Wildman–Crippen MR) is 144 cm³/mol. The zero-order chi connectivity index (χ0) is 28.9. The number of nitrogens with two attached hydrogens (primary N) is 1. The van der Waals surface area contributed by atoms with Gasteiger partial charge in [-0.25, -0.2) is 0 Å². The topological polar surface area (TPSA) is 183 Å². The Morgan fingerprint density at radius 2 is 1.64 bits per heavy atom. The minimum Gasteiger partial charge on any atom is -0.368 e. The highest BCUT2D eigenvalue weighted by molar-refractivity contribution is 5.98. The fourth-order valence-corrected chi connectivity index (χ4v) is 3.68. The van der Waals surface area contributed by atoms with Crippen LogP contribution in [0.2, 0.25) is 0 Å². The standard InChI is InChI=1S/C28H34N6O5/c1-17(2)25(34-26(37)20-10-9-18(3)21(14-20)15-29)28(39)31-12-11-24(36)33-22(27(38)32-16-23(30)35)13-19-7-5-4-6-8-19/h4-10,14,17,22,25H,11-13,16H2,1-3H3,(H2,30,35)(H,31,39)(H,32,38)(H,33,36)(H,34,37)/t22-,25-/m0/s1. The van der Waals surface area contributed by atoms with Crippen LogP contribution in [0.3, 0.4) is 0 Å². The number of nitriles is 1. The lowest BCUT2D eigenvalue weighted by atomic mass is 10.0. The summed E-state index contributed by atoms with van der Waals surface area (Å²) in [5, 5.41) is 19.6. The van der Waals surface area contributed by atoms with Gasteiger partial charge in [0.05, 0.1) is 18.2 Å². The van der Waals surface area contributed by atoms with Crippen LogP contribution in [0.25, 0.3) is 0 Å². The van der Waals surface area contributed by atoms with Crippen LogP contribution in [0.4, 0.5) is 0 Å². The van der Waals surface area contributed by atoms with Crippen LogP contribution in [-0.2, 0) is 25.6 Å². The summed E-state index contributed by atoms with van der Waals surface area (Å²) in [5.41, 5.74) is 7.26. The molecule has 0 aromatic heterocycles. The van der Waals surface area contributed by atoms with Gasteiger partial charge in [0.2, 0.25) is 23.6 Å².